The number of alkyl halides is 3. The highest BCUT2D eigenvalue weighted by molar-refractivity contribution is 5.84. The van der Waals surface area contributed by atoms with Crippen molar-refractivity contribution in [2.24, 2.45) is 7.05 Å². The summed E-state index contributed by atoms with van der Waals surface area (Å²) in [6.07, 6.45) is -3.15. The average molecular weight is 441 g/mol. The van der Waals surface area contributed by atoms with Gasteiger partial charge in [0.25, 0.3) is 0 Å². The molecule has 0 amide bonds. The molecule has 7 nitrogen and oxygen atoms in total. The van der Waals surface area contributed by atoms with Gasteiger partial charge in [-0.3, -0.25) is 0 Å². The van der Waals surface area contributed by atoms with Crippen molar-refractivity contribution >= 4 is 11.0 Å². The molecule has 164 valence electrons. The first-order valence-electron chi connectivity index (χ1n) is 9.69. The van der Waals surface area contributed by atoms with E-state index in [1.807, 2.05) is 19.9 Å². The molecule has 0 spiro atoms. The molecule has 4 aromatic rings. The van der Waals surface area contributed by atoms with Crippen molar-refractivity contribution < 1.29 is 22.4 Å². The number of nitrogens with zero attached hydrogens (tertiary/aromatic N) is 5. The fraction of sp³-hybridized carbons (Fsp3) is 0.273. The SMILES string of the molecule is CC(C)c1cc(COc2ccc(-c3cc4c(ncn4C)c(C#N)n3)cc2C(F)(F)F)on1. The number of benzene rings is 1. The number of nitriles is 1. The normalized spacial score (nSPS) is 11.8. The summed E-state index contributed by atoms with van der Waals surface area (Å²) in [6, 6.07) is 8.86. The number of rotatable bonds is 5. The van der Waals surface area contributed by atoms with Crippen molar-refractivity contribution in [2.75, 3.05) is 0 Å². The molecule has 0 aliphatic heterocycles. The quantitative estimate of drug-likeness (QED) is 0.422. The molecule has 0 atom stereocenters. The maximum absolute atomic E-state index is 13.8. The van der Waals surface area contributed by atoms with Crippen LogP contribution in [0.15, 0.2) is 41.2 Å². The number of ether oxygens (including phenoxy) is 1. The zero-order valence-corrected chi connectivity index (χ0v) is 17.4. The predicted octanol–water partition coefficient (Wildman–Crippen LogP) is 5.22. The van der Waals surface area contributed by atoms with Crippen LogP contribution in [0.4, 0.5) is 13.2 Å². The molecule has 0 bridgehead atoms. The standard InChI is InChI=1S/C22H18F3N5O2/c1-12(2)16-7-14(32-29-16)10-31-20-5-4-13(6-15(20)22(23,24)25)17-8-19-21(18(9-26)28-17)27-11-30(19)3/h4-8,11-12H,10H2,1-3H3. The van der Waals surface area contributed by atoms with E-state index in [1.54, 1.807) is 23.7 Å². The van der Waals surface area contributed by atoms with E-state index in [9.17, 15) is 18.4 Å². The molecule has 0 aliphatic rings. The lowest BCUT2D eigenvalue weighted by Crippen LogP contribution is -2.09. The minimum Gasteiger partial charge on any atom is -0.485 e. The van der Waals surface area contributed by atoms with Crippen molar-refractivity contribution in [3.63, 3.8) is 0 Å². The molecule has 0 N–H and O–H groups in total. The van der Waals surface area contributed by atoms with Gasteiger partial charge in [0.2, 0.25) is 0 Å². The van der Waals surface area contributed by atoms with Crippen LogP contribution in [-0.4, -0.2) is 19.7 Å². The summed E-state index contributed by atoms with van der Waals surface area (Å²) < 4.78 is 53.6. The number of hydrogen-bond acceptors (Lipinski definition) is 6. The molecule has 0 saturated carbocycles. The largest absolute Gasteiger partial charge is 0.485 e. The fourth-order valence-electron chi connectivity index (χ4n) is 3.21. The molecule has 10 heteroatoms. The molecule has 0 aliphatic carbocycles. The van der Waals surface area contributed by atoms with Crippen molar-refractivity contribution in [3.05, 3.63) is 59.4 Å². The highest BCUT2D eigenvalue weighted by Gasteiger charge is 2.35. The van der Waals surface area contributed by atoms with Crippen LogP contribution in [0.5, 0.6) is 5.75 Å². The second-order valence-electron chi connectivity index (χ2n) is 7.56. The molecule has 1 aromatic carbocycles. The van der Waals surface area contributed by atoms with E-state index in [1.165, 1.54) is 18.5 Å². The van der Waals surface area contributed by atoms with Crippen LogP contribution in [0.1, 0.15) is 42.5 Å². The number of aryl methyl sites for hydroxylation is 1. The van der Waals surface area contributed by atoms with Crippen LogP contribution in [0, 0.1) is 11.3 Å². The summed E-state index contributed by atoms with van der Waals surface area (Å²) in [5, 5.41) is 13.3. The summed E-state index contributed by atoms with van der Waals surface area (Å²) in [6.45, 7) is 3.66. The minimum absolute atomic E-state index is 0.0401. The van der Waals surface area contributed by atoms with Crippen LogP contribution >= 0.6 is 0 Å². The fourth-order valence-corrected chi connectivity index (χ4v) is 3.21. The summed E-state index contributed by atoms with van der Waals surface area (Å²) in [5.74, 6) is 0.110. The molecule has 0 unspecified atom stereocenters. The predicted molar refractivity (Wildman–Crippen MR) is 109 cm³/mol. The van der Waals surface area contributed by atoms with E-state index in [-0.39, 0.29) is 35.2 Å². The Bertz CT molecular complexity index is 1330. The summed E-state index contributed by atoms with van der Waals surface area (Å²) >= 11 is 0. The number of pyridine rings is 1. The second-order valence-corrected chi connectivity index (χ2v) is 7.56. The average Bonchev–Trinajstić information content (AvgIpc) is 3.38. The van der Waals surface area contributed by atoms with Crippen LogP contribution in [0.25, 0.3) is 22.3 Å². The molecule has 4 rings (SSSR count). The van der Waals surface area contributed by atoms with Crippen molar-refractivity contribution in [2.45, 2.75) is 32.5 Å². The van der Waals surface area contributed by atoms with Crippen molar-refractivity contribution in [1.82, 2.24) is 19.7 Å². The van der Waals surface area contributed by atoms with Crippen LogP contribution in [0.2, 0.25) is 0 Å². The second kappa shape index (κ2) is 8.00. The van der Waals surface area contributed by atoms with E-state index in [4.69, 9.17) is 9.26 Å². The summed E-state index contributed by atoms with van der Waals surface area (Å²) in [4.78, 5) is 8.32. The Balaban J connectivity index is 1.70. The third kappa shape index (κ3) is 4.01. The van der Waals surface area contributed by atoms with Gasteiger partial charge in [-0.05, 0) is 30.2 Å². The maximum Gasteiger partial charge on any atom is 0.419 e. The van der Waals surface area contributed by atoms with E-state index < -0.39 is 11.7 Å². The Morgan fingerprint density at radius 2 is 2.00 bits per heavy atom. The molecule has 0 radical (unpaired) electrons. The van der Waals surface area contributed by atoms with Crippen LogP contribution < -0.4 is 4.74 Å². The van der Waals surface area contributed by atoms with Gasteiger partial charge in [-0.1, -0.05) is 19.0 Å². The molecule has 32 heavy (non-hydrogen) atoms. The molecular weight excluding hydrogens is 423 g/mol. The maximum atomic E-state index is 13.8. The number of hydrogen-bond donors (Lipinski definition) is 0. The Morgan fingerprint density at radius 3 is 2.66 bits per heavy atom. The van der Waals surface area contributed by atoms with Gasteiger partial charge in [-0.25, -0.2) is 9.97 Å². The molecule has 0 saturated heterocycles. The van der Waals surface area contributed by atoms with Gasteiger partial charge in [0.05, 0.1) is 28.8 Å². The molecule has 0 fully saturated rings. The van der Waals surface area contributed by atoms with Gasteiger partial charge in [-0.2, -0.15) is 18.4 Å². The first-order chi connectivity index (χ1) is 15.2. The van der Waals surface area contributed by atoms with Gasteiger partial charge < -0.3 is 13.8 Å². The Hall–Kier alpha value is -3.87. The number of aromatic nitrogens is 4. The third-order valence-corrected chi connectivity index (χ3v) is 4.94. The zero-order valence-electron chi connectivity index (χ0n) is 17.4. The number of fused-ring (bicyclic) bond motifs is 1. The lowest BCUT2D eigenvalue weighted by atomic mass is 10.1. The first kappa shape index (κ1) is 21.4. The van der Waals surface area contributed by atoms with E-state index in [2.05, 4.69) is 15.1 Å². The zero-order chi connectivity index (χ0) is 23.0. The topological polar surface area (TPSA) is 89.8 Å². The number of imidazole rings is 1. The van der Waals surface area contributed by atoms with Gasteiger partial charge in [0, 0.05) is 18.7 Å². The van der Waals surface area contributed by atoms with Crippen molar-refractivity contribution in [1.29, 1.82) is 5.26 Å². The van der Waals surface area contributed by atoms with Crippen molar-refractivity contribution in [3.8, 4) is 23.1 Å². The summed E-state index contributed by atoms with van der Waals surface area (Å²) in [7, 11) is 1.73. The highest BCUT2D eigenvalue weighted by atomic mass is 19.4. The molecular formula is C22H18F3N5O2. The van der Waals surface area contributed by atoms with Gasteiger partial charge in [-0.15, -0.1) is 0 Å². The Kier molecular flexibility index (Phi) is 5.34. The van der Waals surface area contributed by atoms with E-state index in [0.29, 0.717) is 22.5 Å². The summed E-state index contributed by atoms with van der Waals surface area (Å²) in [5.41, 5.74) is 1.19. The van der Waals surface area contributed by atoms with Crippen LogP contribution in [0.3, 0.4) is 0 Å². The monoisotopic (exact) mass is 441 g/mol. The lowest BCUT2D eigenvalue weighted by Gasteiger charge is -2.15. The van der Waals surface area contributed by atoms with Crippen LogP contribution in [-0.2, 0) is 19.8 Å². The number of halogens is 3. The highest BCUT2D eigenvalue weighted by Crippen LogP contribution is 2.39. The smallest absolute Gasteiger partial charge is 0.419 e. The van der Waals surface area contributed by atoms with E-state index in [0.717, 1.165) is 6.07 Å². The van der Waals surface area contributed by atoms with Gasteiger partial charge in [0.15, 0.2) is 11.5 Å². The van der Waals surface area contributed by atoms with Gasteiger partial charge in [0.1, 0.15) is 23.9 Å². The first-order valence-corrected chi connectivity index (χ1v) is 9.69. The van der Waals surface area contributed by atoms with E-state index >= 15 is 0 Å². The van der Waals surface area contributed by atoms with Gasteiger partial charge >= 0.3 is 6.18 Å². The molecule has 3 heterocycles. The minimum atomic E-state index is -4.66. The lowest BCUT2D eigenvalue weighted by molar-refractivity contribution is -0.139. The Labute approximate surface area is 181 Å². The third-order valence-electron chi connectivity index (χ3n) is 4.94. The molecule has 3 aromatic heterocycles. The Morgan fingerprint density at radius 1 is 1.22 bits per heavy atom.